The molecule has 0 radical (unpaired) electrons. The van der Waals surface area contributed by atoms with E-state index in [1.807, 2.05) is 30.3 Å². The van der Waals surface area contributed by atoms with Gasteiger partial charge in [-0.2, -0.15) is 0 Å². The number of nitrogens with zero attached hydrogens (tertiary/aromatic N) is 1. The fraction of sp³-hybridized carbons (Fsp3) is 0.280. The van der Waals surface area contributed by atoms with E-state index >= 15 is 0 Å². The van der Waals surface area contributed by atoms with Crippen LogP contribution in [0.3, 0.4) is 0 Å². The molecule has 1 heterocycles. The van der Waals surface area contributed by atoms with Gasteiger partial charge in [0.05, 0.1) is 10.4 Å². The largest absolute Gasteiger partial charge is 0.573 e. The molecule has 1 aliphatic heterocycles. The smallest absolute Gasteiger partial charge is 0.406 e. The van der Waals surface area contributed by atoms with Gasteiger partial charge in [0.1, 0.15) is 17.4 Å². The molecule has 1 N–H and O–H groups in total. The Morgan fingerprint density at radius 1 is 0.889 bits per heavy atom. The number of hydrogen-bond acceptors (Lipinski definition) is 4. The van der Waals surface area contributed by atoms with Gasteiger partial charge in [0.25, 0.3) is 0 Å². The van der Waals surface area contributed by atoms with Crippen molar-refractivity contribution >= 4 is 10.0 Å². The Kier molecular flexibility index (Phi) is 7.35. The number of halogens is 5. The van der Waals surface area contributed by atoms with E-state index in [1.165, 1.54) is 0 Å². The number of ether oxygens (including phenoxy) is 1. The van der Waals surface area contributed by atoms with Gasteiger partial charge in [-0.25, -0.2) is 21.9 Å². The molecular formula is C25H23F5N2O3S. The van der Waals surface area contributed by atoms with E-state index in [0.29, 0.717) is 25.7 Å². The normalized spacial score (nSPS) is 16.6. The van der Waals surface area contributed by atoms with Crippen molar-refractivity contribution in [2.75, 3.05) is 13.1 Å². The van der Waals surface area contributed by atoms with Gasteiger partial charge in [-0.1, -0.05) is 30.3 Å². The SMILES string of the molecule is O=S(=O)(NC1(c2cc(F)cc(F)c2)CCN(Cc2ccccc2)CC1)c1ccc(OC(F)(F)F)cc1. The molecule has 1 aliphatic rings. The molecule has 1 saturated heterocycles. The maximum Gasteiger partial charge on any atom is 0.573 e. The molecule has 3 aromatic rings. The van der Waals surface area contributed by atoms with Crippen molar-refractivity contribution in [2.45, 2.75) is 36.2 Å². The van der Waals surface area contributed by atoms with Crippen LogP contribution in [0.2, 0.25) is 0 Å². The van der Waals surface area contributed by atoms with E-state index in [4.69, 9.17) is 0 Å². The van der Waals surface area contributed by atoms with Crippen molar-refractivity contribution < 1.29 is 35.1 Å². The molecule has 3 aromatic carbocycles. The summed E-state index contributed by atoms with van der Waals surface area (Å²) in [4.78, 5) is 1.81. The Labute approximate surface area is 205 Å². The number of nitrogens with one attached hydrogen (secondary N) is 1. The van der Waals surface area contributed by atoms with Gasteiger partial charge < -0.3 is 4.74 Å². The van der Waals surface area contributed by atoms with Gasteiger partial charge in [0.15, 0.2) is 0 Å². The minimum absolute atomic E-state index is 0.139. The van der Waals surface area contributed by atoms with Crippen molar-refractivity contribution in [3.05, 3.63) is 95.6 Å². The Hall–Kier alpha value is -3.02. The molecule has 0 bridgehead atoms. The minimum Gasteiger partial charge on any atom is -0.406 e. The summed E-state index contributed by atoms with van der Waals surface area (Å²) < 4.78 is 98.4. The van der Waals surface area contributed by atoms with Crippen LogP contribution in [0.5, 0.6) is 5.75 Å². The van der Waals surface area contributed by atoms with Crippen LogP contribution in [0.1, 0.15) is 24.0 Å². The highest BCUT2D eigenvalue weighted by atomic mass is 32.2. The van der Waals surface area contributed by atoms with Gasteiger partial charge in [-0.15, -0.1) is 13.2 Å². The minimum atomic E-state index is -4.92. The predicted octanol–water partition coefficient (Wildman–Crippen LogP) is 5.33. The van der Waals surface area contributed by atoms with Crippen LogP contribution >= 0.6 is 0 Å². The molecule has 0 unspecified atom stereocenters. The van der Waals surface area contributed by atoms with Crippen LogP contribution < -0.4 is 9.46 Å². The predicted molar refractivity (Wildman–Crippen MR) is 122 cm³/mol. The standard InChI is InChI=1S/C25H23F5N2O3S/c26-20-14-19(15-21(27)16-20)24(10-12-32(13-11-24)17-18-4-2-1-3-5-18)31-36(33,34)23-8-6-22(7-9-23)35-25(28,29)30/h1-9,14-16,31H,10-13,17H2. The number of likely N-dealkylation sites (tertiary alicyclic amines) is 1. The number of alkyl halides is 3. The summed E-state index contributed by atoms with van der Waals surface area (Å²) in [6.45, 7) is 1.50. The van der Waals surface area contributed by atoms with Crippen LogP contribution in [0, 0.1) is 11.6 Å². The Balaban J connectivity index is 1.60. The summed E-state index contributed by atoms with van der Waals surface area (Å²) in [6.07, 6.45) is -4.48. The molecule has 36 heavy (non-hydrogen) atoms. The first kappa shape index (κ1) is 26.1. The third kappa shape index (κ3) is 6.40. The Morgan fingerprint density at radius 2 is 1.47 bits per heavy atom. The fourth-order valence-electron chi connectivity index (χ4n) is 4.35. The van der Waals surface area contributed by atoms with Gasteiger partial charge in [0, 0.05) is 25.7 Å². The maximum atomic E-state index is 14.1. The zero-order valence-electron chi connectivity index (χ0n) is 18.9. The van der Waals surface area contributed by atoms with Crippen LogP contribution in [-0.2, 0) is 22.1 Å². The molecule has 0 aromatic heterocycles. The van der Waals surface area contributed by atoms with Crippen LogP contribution in [0.15, 0.2) is 77.7 Å². The number of sulfonamides is 1. The second-order valence-electron chi connectivity index (χ2n) is 8.63. The first-order valence-electron chi connectivity index (χ1n) is 11.1. The number of piperidine rings is 1. The summed E-state index contributed by atoms with van der Waals surface area (Å²) in [5, 5.41) is 0. The summed E-state index contributed by atoms with van der Waals surface area (Å²) in [5.74, 6) is -2.26. The summed E-state index contributed by atoms with van der Waals surface area (Å²) in [6, 6.07) is 16.3. The lowest BCUT2D eigenvalue weighted by Gasteiger charge is -2.42. The summed E-state index contributed by atoms with van der Waals surface area (Å²) in [7, 11) is -4.28. The lowest BCUT2D eigenvalue weighted by molar-refractivity contribution is -0.274. The molecule has 0 spiro atoms. The third-order valence-corrected chi connectivity index (χ3v) is 7.62. The molecule has 0 saturated carbocycles. The first-order valence-corrected chi connectivity index (χ1v) is 12.6. The molecule has 5 nitrogen and oxygen atoms in total. The molecule has 4 rings (SSSR count). The molecule has 192 valence electrons. The van der Waals surface area contributed by atoms with Gasteiger partial charge in [-0.3, -0.25) is 4.90 Å². The molecule has 11 heteroatoms. The van der Waals surface area contributed by atoms with Crippen molar-refractivity contribution in [1.29, 1.82) is 0 Å². The summed E-state index contributed by atoms with van der Waals surface area (Å²) >= 11 is 0. The highest BCUT2D eigenvalue weighted by Crippen LogP contribution is 2.36. The lowest BCUT2D eigenvalue weighted by atomic mass is 9.81. The van der Waals surface area contributed by atoms with Gasteiger partial charge in [-0.05, 0) is 60.4 Å². The lowest BCUT2D eigenvalue weighted by Crippen LogP contribution is -2.52. The second-order valence-corrected chi connectivity index (χ2v) is 10.3. The highest BCUT2D eigenvalue weighted by molar-refractivity contribution is 7.89. The van der Waals surface area contributed by atoms with Crippen molar-refractivity contribution in [2.24, 2.45) is 0 Å². The van der Waals surface area contributed by atoms with E-state index in [9.17, 15) is 30.4 Å². The van der Waals surface area contributed by atoms with E-state index in [1.54, 1.807) is 0 Å². The Bertz CT molecular complexity index is 1270. The number of hydrogen-bond donors (Lipinski definition) is 1. The molecule has 0 atom stereocenters. The molecular weight excluding hydrogens is 503 g/mol. The first-order chi connectivity index (χ1) is 16.9. The van der Waals surface area contributed by atoms with Gasteiger partial charge >= 0.3 is 6.36 Å². The maximum absolute atomic E-state index is 14.1. The average Bonchev–Trinajstić information content (AvgIpc) is 2.80. The van der Waals surface area contributed by atoms with Crippen molar-refractivity contribution in [3.63, 3.8) is 0 Å². The van der Waals surface area contributed by atoms with E-state index in [-0.39, 0.29) is 23.3 Å². The number of benzene rings is 3. The monoisotopic (exact) mass is 526 g/mol. The number of rotatable bonds is 7. The van der Waals surface area contributed by atoms with Crippen molar-refractivity contribution in [3.8, 4) is 5.75 Å². The van der Waals surface area contributed by atoms with Crippen LogP contribution in [0.4, 0.5) is 22.0 Å². The van der Waals surface area contributed by atoms with Crippen LogP contribution in [-0.4, -0.2) is 32.8 Å². The highest BCUT2D eigenvalue weighted by Gasteiger charge is 2.41. The second kappa shape index (κ2) is 10.2. The average molecular weight is 527 g/mol. The zero-order valence-corrected chi connectivity index (χ0v) is 19.8. The van der Waals surface area contributed by atoms with E-state index in [2.05, 4.69) is 14.4 Å². The van der Waals surface area contributed by atoms with Gasteiger partial charge in [0.2, 0.25) is 10.0 Å². The van der Waals surface area contributed by atoms with Crippen molar-refractivity contribution in [1.82, 2.24) is 9.62 Å². The molecule has 0 aliphatic carbocycles. The fourth-order valence-corrected chi connectivity index (χ4v) is 5.80. The topological polar surface area (TPSA) is 58.6 Å². The van der Waals surface area contributed by atoms with E-state index in [0.717, 1.165) is 42.0 Å². The molecule has 1 fully saturated rings. The molecule has 0 amide bonds. The van der Waals surface area contributed by atoms with E-state index < -0.39 is 39.3 Å². The summed E-state index contributed by atoms with van der Waals surface area (Å²) in [5.41, 5.74) is -0.112. The third-order valence-electron chi connectivity index (χ3n) is 6.07. The zero-order chi connectivity index (χ0) is 26.0. The van der Waals surface area contributed by atoms with Crippen LogP contribution in [0.25, 0.3) is 0 Å². The quantitative estimate of drug-likeness (QED) is 0.423. The Morgan fingerprint density at radius 3 is 2.03 bits per heavy atom.